The van der Waals surface area contributed by atoms with Gasteiger partial charge < -0.3 is 9.47 Å². The Bertz CT molecular complexity index is 93.1. The Morgan fingerprint density at radius 1 is 1.00 bits per heavy atom. The standard InChI is InChI=1S/C7H12O2/c1-2-4-8-6(3-1)7-5-9-7/h6-7H,1-5H2/t6?,7-/m1/s1. The molecule has 0 aromatic heterocycles. The minimum absolute atomic E-state index is 0.443. The van der Waals surface area contributed by atoms with Crippen molar-refractivity contribution in [3.8, 4) is 0 Å². The highest BCUT2D eigenvalue weighted by molar-refractivity contribution is 4.81. The Morgan fingerprint density at radius 3 is 2.44 bits per heavy atom. The van der Waals surface area contributed by atoms with Crippen molar-refractivity contribution in [2.75, 3.05) is 13.2 Å². The van der Waals surface area contributed by atoms with Gasteiger partial charge in [-0.05, 0) is 19.3 Å². The van der Waals surface area contributed by atoms with E-state index in [1.807, 2.05) is 0 Å². The zero-order chi connectivity index (χ0) is 6.10. The summed E-state index contributed by atoms with van der Waals surface area (Å²) >= 11 is 0. The summed E-state index contributed by atoms with van der Waals surface area (Å²) in [5, 5.41) is 0. The van der Waals surface area contributed by atoms with Crippen LogP contribution in [0.3, 0.4) is 0 Å². The molecule has 0 aliphatic carbocycles. The lowest BCUT2D eigenvalue weighted by Gasteiger charge is -2.20. The van der Waals surface area contributed by atoms with E-state index in [0.29, 0.717) is 12.2 Å². The van der Waals surface area contributed by atoms with E-state index in [0.717, 1.165) is 13.2 Å². The van der Waals surface area contributed by atoms with Crippen molar-refractivity contribution in [2.24, 2.45) is 0 Å². The van der Waals surface area contributed by atoms with Crippen LogP contribution in [0, 0.1) is 0 Å². The zero-order valence-corrected chi connectivity index (χ0v) is 5.51. The van der Waals surface area contributed by atoms with Crippen LogP contribution < -0.4 is 0 Å². The fraction of sp³-hybridized carbons (Fsp3) is 1.00. The molecule has 9 heavy (non-hydrogen) atoms. The first-order valence-corrected chi connectivity index (χ1v) is 3.70. The average Bonchev–Trinajstić information content (AvgIpc) is 2.71. The second-order valence-electron chi connectivity index (χ2n) is 2.78. The molecule has 2 aliphatic heterocycles. The van der Waals surface area contributed by atoms with Crippen LogP contribution >= 0.6 is 0 Å². The van der Waals surface area contributed by atoms with Crippen LogP contribution in [0.15, 0.2) is 0 Å². The van der Waals surface area contributed by atoms with Crippen molar-refractivity contribution in [3.63, 3.8) is 0 Å². The van der Waals surface area contributed by atoms with Crippen molar-refractivity contribution in [1.29, 1.82) is 0 Å². The molecule has 2 aliphatic rings. The van der Waals surface area contributed by atoms with E-state index in [1.54, 1.807) is 0 Å². The molecule has 0 N–H and O–H groups in total. The summed E-state index contributed by atoms with van der Waals surface area (Å²) < 4.78 is 10.6. The average molecular weight is 128 g/mol. The summed E-state index contributed by atoms with van der Waals surface area (Å²) in [6.07, 6.45) is 4.68. The largest absolute Gasteiger partial charge is 0.375 e. The normalized spacial score (nSPS) is 42.7. The van der Waals surface area contributed by atoms with Crippen LogP contribution in [0.4, 0.5) is 0 Å². The van der Waals surface area contributed by atoms with Gasteiger partial charge in [-0.25, -0.2) is 0 Å². The monoisotopic (exact) mass is 128 g/mol. The maximum atomic E-state index is 5.48. The highest BCUT2D eigenvalue weighted by Gasteiger charge is 2.34. The minimum Gasteiger partial charge on any atom is -0.375 e. The second-order valence-corrected chi connectivity index (χ2v) is 2.78. The Balaban J connectivity index is 1.80. The van der Waals surface area contributed by atoms with Gasteiger partial charge in [-0.15, -0.1) is 0 Å². The number of hydrogen-bond donors (Lipinski definition) is 0. The summed E-state index contributed by atoms with van der Waals surface area (Å²) in [5.41, 5.74) is 0. The molecule has 0 aromatic rings. The summed E-state index contributed by atoms with van der Waals surface area (Å²) in [6.45, 7) is 1.88. The maximum Gasteiger partial charge on any atom is 0.107 e. The van der Waals surface area contributed by atoms with Crippen LogP contribution in [-0.2, 0) is 9.47 Å². The summed E-state index contributed by atoms with van der Waals surface area (Å²) in [7, 11) is 0. The van der Waals surface area contributed by atoms with Gasteiger partial charge in [0.1, 0.15) is 6.10 Å². The molecule has 0 radical (unpaired) electrons. The van der Waals surface area contributed by atoms with E-state index in [4.69, 9.17) is 9.47 Å². The van der Waals surface area contributed by atoms with Gasteiger partial charge in [0.15, 0.2) is 0 Å². The fourth-order valence-electron chi connectivity index (χ4n) is 1.33. The van der Waals surface area contributed by atoms with Crippen LogP contribution in [0.25, 0.3) is 0 Å². The molecule has 0 amide bonds. The molecule has 2 nitrogen and oxygen atoms in total. The number of ether oxygens (including phenoxy) is 2. The van der Waals surface area contributed by atoms with Crippen molar-refractivity contribution >= 4 is 0 Å². The van der Waals surface area contributed by atoms with Gasteiger partial charge in [0.05, 0.1) is 12.7 Å². The Labute approximate surface area is 55.1 Å². The second kappa shape index (κ2) is 2.27. The predicted molar refractivity (Wildman–Crippen MR) is 33.3 cm³/mol. The topological polar surface area (TPSA) is 21.8 Å². The first-order valence-electron chi connectivity index (χ1n) is 3.70. The highest BCUT2D eigenvalue weighted by Crippen LogP contribution is 2.24. The van der Waals surface area contributed by atoms with Gasteiger partial charge in [-0.3, -0.25) is 0 Å². The molecular weight excluding hydrogens is 116 g/mol. The third-order valence-electron chi connectivity index (χ3n) is 1.99. The Kier molecular flexibility index (Phi) is 1.44. The van der Waals surface area contributed by atoms with E-state index < -0.39 is 0 Å². The summed E-state index contributed by atoms with van der Waals surface area (Å²) in [6, 6.07) is 0. The molecule has 2 fully saturated rings. The number of epoxide rings is 1. The van der Waals surface area contributed by atoms with Crippen molar-refractivity contribution in [1.82, 2.24) is 0 Å². The molecule has 0 spiro atoms. The SMILES string of the molecule is C1CCC([C@H]2CO2)OC1. The van der Waals surface area contributed by atoms with Crippen molar-refractivity contribution in [2.45, 2.75) is 31.5 Å². The highest BCUT2D eigenvalue weighted by atomic mass is 16.6. The lowest BCUT2D eigenvalue weighted by Crippen LogP contribution is -2.24. The number of hydrogen-bond acceptors (Lipinski definition) is 2. The van der Waals surface area contributed by atoms with E-state index in [1.165, 1.54) is 19.3 Å². The van der Waals surface area contributed by atoms with Crippen molar-refractivity contribution < 1.29 is 9.47 Å². The smallest absolute Gasteiger partial charge is 0.107 e. The lowest BCUT2D eigenvalue weighted by molar-refractivity contribution is -0.000571. The lowest BCUT2D eigenvalue weighted by atomic mass is 10.1. The molecule has 2 heterocycles. The van der Waals surface area contributed by atoms with Crippen LogP contribution in [-0.4, -0.2) is 25.4 Å². The molecular formula is C7H12O2. The van der Waals surface area contributed by atoms with Gasteiger partial charge in [-0.1, -0.05) is 0 Å². The first kappa shape index (κ1) is 5.69. The Morgan fingerprint density at radius 2 is 1.89 bits per heavy atom. The van der Waals surface area contributed by atoms with E-state index >= 15 is 0 Å². The van der Waals surface area contributed by atoms with E-state index in [2.05, 4.69) is 0 Å². The molecule has 2 rings (SSSR count). The summed E-state index contributed by atoms with van der Waals surface area (Å²) in [5.74, 6) is 0. The van der Waals surface area contributed by atoms with Gasteiger partial charge >= 0.3 is 0 Å². The van der Waals surface area contributed by atoms with Crippen LogP contribution in [0.5, 0.6) is 0 Å². The Hall–Kier alpha value is -0.0800. The number of rotatable bonds is 1. The fourth-order valence-corrected chi connectivity index (χ4v) is 1.33. The first-order chi connectivity index (χ1) is 4.47. The quantitative estimate of drug-likeness (QED) is 0.490. The molecule has 2 saturated heterocycles. The minimum atomic E-state index is 0.443. The van der Waals surface area contributed by atoms with Crippen LogP contribution in [0.2, 0.25) is 0 Å². The third kappa shape index (κ3) is 1.25. The van der Waals surface area contributed by atoms with Gasteiger partial charge in [-0.2, -0.15) is 0 Å². The maximum absolute atomic E-state index is 5.48. The van der Waals surface area contributed by atoms with Crippen LogP contribution in [0.1, 0.15) is 19.3 Å². The zero-order valence-electron chi connectivity index (χ0n) is 5.51. The molecule has 52 valence electrons. The van der Waals surface area contributed by atoms with Gasteiger partial charge in [0.25, 0.3) is 0 Å². The molecule has 1 unspecified atom stereocenters. The van der Waals surface area contributed by atoms with Crippen molar-refractivity contribution in [3.05, 3.63) is 0 Å². The van der Waals surface area contributed by atoms with E-state index in [9.17, 15) is 0 Å². The predicted octanol–water partition coefficient (Wildman–Crippen LogP) is 0.954. The summed E-state index contributed by atoms with van der Waals surface area (Å²) in [4.78, 5) is 0. The van der Waals surface area contributed by atoms with Gasteiger partial charge in [0, 0.05) is 6.61 Å². The molecule has 2 heteroatoms. The molecule has 0 bridgehead atoms. The molecule has 0 saturated carbocycles. The van der Waals surface area contributed by atoms with E-state index in [-0.39, 0.29) is 0 Å². The molecule has 0 aromatic carbocycles. The van der Waals surface area contributed by atoms with Gasteiger partial charge in [0.2, 0.25) is 0 Å². The molecule has 2 atom stereocenters. The third-order valence-corrected chi connectivity index (χ3v) is 1.99.